The number of rotatable bonds is 2. The summed E-state index contributed by atoms with van der Waals surface area (Å²) >= 11 is 0. The van der Waals surface area contributed by atoms with E-state index >= 15 is 0 Å². The molecule has 0 spiro atoms. The summed E-state index contributed by atoms with van der Waals surface area (Å²) in [5, 5.41) is 7.84. The maximum absolute atomic E-state index is 10.1. The van der Waals surface area contributed by atoms with E-state index in [0.29, 0.717) is 6.42 Å². The van der Waals surface area contributed by atoms with Crippen LogP contribution in [0.25, 0.3) is 0 Å². The van der Waals surface area contributed by atoms with E-state index in [1.165, 1.54) is 0 Å². The smallest absolute Gasteiger partial charge is 0.161 e. The van der Waals surface area contributed by atoms with Crippen LogP contribution in [0.2, 0.25) is 0 Å². The van der Waals surface area contributed by atoms with Gasteiger partial charge in [-0.15, -0.1) is 0 Å². The highest BCUT2D eigenvalue weighted by atomic mass is 16.2. The molecule has 0 saturated carbocycles. The van der Waals surface area contributed by atoms with Crippen LogP contribution in [0.5, 0.6) is 0 Å². The Kier molecular flexibility index (Phi) is 3.02. The summed E-state index contributed by atoms with van der Waals surface area (Å²) in [4.78, 5) is 10.1. The third kappa shape index (κ3) is 3.03. The van der Waals surface area contributed by atoms with Gasteiger partial charge in [0.2, 0.25) is 0 Å². The molecule has 0 heterocycles. The topological polar surface area (TPSA) is 37.3 Å². The van der Waals surface area contributed by atoms with Crippen molar-refractivity contribution in [1.82, 2.24) is 0 Å². The molecule has 1 radical (unpaired) electrons. The number of aliphatic hydroxyl groups excluding tert-OH is 1. The SMILES string of the molecule is CCC(=O)/C=[C]/O. The highest BCUT2D eigenvalue weighted by Gasteiger charge is 1.85. The Morgan fingerprint density at radius 3 is 2.71 bits per heavy atom. The maximum Gasteiger partial charge on any atom is 0.161 e. The standard InChI is InChI=1S/C5H7O2/c1-2-5(7)3-4-6/h3,6H,2H2,1H3. The average Bonchev–Trinajstić information content (AvgIpc) is 1.68. The summed E-state index contributed by atoms with van der Waals surface area (Å²) in [6.07, 6.45) is 3.08. The molecule has 1 N–H and O–H groups in total. The number of carbonyl (C=O) groups is 1. The Morgan fingerprint density at radius 1 is 2.00 bits per heavy atom. The summed E-state index contributed by atoms with van der Waals surface area (Å²) in [6, 6.07) is 0. The van der Waals surface area contributed by atoms with Crippen LogP contribution in [0.4, 0.5) is 0 Å². The monoisotopic (exact) mass is 99.0 g/mol. The van der Waals surface area contributed by atoms with Crippen LogP contribution in [-0.4, -0.2) is 10.9 Å². The molecule has 0 saturated heterocycles. The quantitative estimate of drug-likeness (QED) is 0.411. The third-order valence-electron chi connectivity index (χ3n) is 0.574. The van der Waals surface area contributed by atoms with Gasteiger partial charge < -0.3 is 5.11 Å². The van der Waals surface area contributed by atoms with Crippen LogP contribution in [0.15, 0.2) is 6.08 Å². The van der Waals surface area contributed by atoms with Crippen LogP contribution in [-0.2, 0) is 4.79 Å². The van der Waals surface area contributed by atoms with Crippen molar-refractivity contribution in [3.8, 4) is 0 Å². The van der Waals surface area contributed by atoms with Crippen LogP contribution >= 0.6 is 0 Å². The molecular weight excluding hydrogens is 92.1 g/mol. The molecule has 0 aromatic heterocycles. The largest absolute Gasteiger partial charge is 0.504 e. The summed E-state index contributed by atoms with van der Waals surface area (Å²) in [6.45, 7) is 1.72. The minimum atomic E-state index is -0.109. The molecule has 0 aromatic carbocycles. The minimum absolute atomic E-state index is 0.109. The molecule has 0 unspecified atom stereocenters. The number of hydrogen-bond donors (Lipinski definition) is 1. The summed E-state index contributed by atoms with van der Waals surface area (Å²) in [5.74, 6) is -0.109. The van der Waals surface area contributed by atoms with Gasteiger partial charge in [0.05, 0.1) is 0 Å². The summed E-state index contributed by atoms with van der Waals surface area (Å²) < 4.78 is 0. The van der Waals surface area contributed by atoms with Gasteiger partial charge in [-0.2, -0.15) is 0 Å². The fourth-order valence-corrected chi connectivity index (χ4v) is 0.174. The highest BCUT2D eigenvalue weighted by molar-refractivity contribution is 5.88. The van der Waals surface area contributed by atoms with Gasteiger partial charge in [0, 0.05) is 12.5 Å². The molecule has 0 aliphatic carbocycles. The van der Waals surface area contributed by atoms with Crippen molar-refractivity contribution >= 4 is 5.78 Å². The normalized spacial score (nSPS) is 9.86. The Morgan fingerprint density at radius 2 is 2.57 bits per heavy atom. The van der Waals surface area contributed by atoms with Crippen molar-refractivity contribution in [2.24, 2.45) is 0 Å². The molecule has 7 heavy (non-hydrogen) atoms. The van der Waals surface area contributed by atoms with Crippen LogP contribution < -0.4 is 0 Å². The Balaban J connectivity index is 3.37. The van der Waals surface area contributed by atoms with Crippen molar-refractivity contribution in [3.63, 3.8) is 0 Å². The molecule has 0 aliphatic rings. The fourth-order valence-electron chi connectivity index (χ4n) is 0.174. The Hall–Kier alpha value is -0.790. The number of ketones is 1. The zero-order chi connectivity index (χ0) is 5.70. The molecule has 2 nitrogen and oxygen atoms in total. The van der Waals surface area contributed by atoms with Gasteiger partial charge >= 0.3 is 0 Å². The zero-order valence-electron chi connectivity index (χ0n) is 4.14. The molecule has 0 fully saturated rings. The van der Waals surface area contributed by atoms with Crippen molar-refractivity contribution in [2.45, 2.75) is 13.3 Å². The minimum Gasteiger partial charge on any atom is -0.504 e. The van der Waals surface area contributed by atoms with Crippen LogP contribution in [0, 0.1) is 6.26 Å². The molecule has 0 rings (SSSR count). The lowest BCUT2D eigenvalue weighted by Crippen LogP contribution is -1.85. The first kappa shape index (κ1) is 6.21. The number of carbonyl (C=O) groups excluding carboxylic acids is 1. The van der Waals surface area contributed by atoms with Gasteiger partial charge in [0.15, 0.2) is 12.0 Å². The number of allylic oxidation sites excluding steroid dienone is 1. The number of hydrogen-bond acceptors (Lipinski definition) is 2. The Bertz CT molecular complexity index is 84.1. The fraction of sp³-hybridized carbons (Fsp3) is 0.400. The summed E-state index contributed by atoms with van der Waals surface area (Å²) in [7, 11) is 0. The third-order valence-corrected chi connectivity index (χ3v) is 0.574. The highest BCUT2D eigenvalue weighted by Crippen LogP contribution is 1.78. The van der Waals surface area contributed by atoms with Gasteiger partial charge in [0.1, 0.15) is 0 Å². The maximum atomic E-state index is 10.1. The first-order valence-corrected chi connectivity index (χ1v) is 2.07. The predicted octanol–water partition coefficient (Wildman–Crippen LogP) is 0.840. The van der Waals surface area contributed by atoms with Gasteiger partial charge in [-0.1, -0.05) is 6.92 Å². The molecule has 39 valence electrons. The molecule has 0 bridgehead atoms. The van der Waals surface area contributed by atoms with Gasteiger partial charge in [-0.05, 0) is 0 Å². The lowest BCUT2D eigenvalue weighted by molar-refractivity contribution is -0.114. The van der Waals surface area contributed by atoms with E-state index in [1.807, 2.05) is 0 Å². The van der Waals surface area contributed by atoms with Crippen LogP contribution in [0.3, 0.4) is 0 Å². The second kappa shape index (κ2) is 3.40. The van der Waals surface area contributed by atoms with E-state index in [-0.39, 0.29) is 5.78 Å². The molecule has 0 amide bonds. The summed E-state index contributed by atoms with van der Waals surface area (Å²) in [5.41, 5.74) is 0. The molecular formula is C5H7O2. The lowest BCUT2D eigenvalue weighted by Gasteiger charge is -1.76. The van der Waals surface area contributed by atoms with Gasteiger partial charge in [-0.3, -0.25) is 4.79 Å². The zero-order valence-corrected chi connectivity index (χ0v) is 4.14. The van der Waals surface area contributed by atoms with Crippen molar-refractivity contribution < 1.29 is 9.90 Å². The Labute approximate surface area is 42.5 Å². The van der Waals surface area contributed by atoms with E-state index < -0.39 is 0 Å². The van der Waals surface area contributed by atoms with Gasteiger partial charge in [0.25, 0.3) is 0 Å². The van der Waals surface area contributed by atoms with Crippen molar-refractivity contribution in [2.75, 3.05) is 0 Å². The first-order valence-electron chi connectivity index (χ1n) is 2.07. The number of aliphatic hydroxyl groups is 1. The first-order chi connectivity index (χ1) is 3.31. The molecule has 0 aromatic rings. The second-order valence-electron chi connectivity index (χ2n) is 1.09. The lowest BCUT2D eigenvalue weighted by atomic mass is 10.3. The predicted molar refractivity (Wildman–Crippen MR) is 25.7 cm³/mol. The van der Waals surface area contributed by atoms with Gasteiger partial charge in [-0.25, -0.2) is 0 Å². The van der Waals surface area contributed by atoms with E-state index in [0.717, 1.165) is 6.08 Å². The van der Waals surface area contributed by atoms with E-state index in [9.17, 15) is 4.79 Å². The average molecular weight is 99.1 g/mol. The van der Waals surface area contributed by atoms with Crippen molar-refractivity contribution in [3.05, 3.63) is 12.3 Å². The van der Waals surface area contributed by atoms with E-state index in [1.54, 1.807) is 13.2 Å². The molecule has 0 aliphatic heterocycles. The van der Waals surface area contributed by atoms with Crippen LogP contribution in [0.1, 0.15) is 13.3 Å². The van der Waals surface area contributed by atoms with E-state index in [2.05, 4.69) is 0 Å². The molecule has 0 atom stereocenters. The van der Waals surface area contributed by atoms with Crippen molar-refractivity contribution in [1.29, 1.82) is 0 Å². The van der Waals surface area contributed by atoms with E-state index in [4.69, 9.17) is 5.11 Å². The molecule has 2 heteroatoms. The second-order valence-corrected chi connectivity index (χ2v) is 1.09.